The molecule has 0 saturated carbocycles. The fourth-order valence-corrected chi connectivity index (χ4v) is 3.63. The van der Waals surface area contributed by atoms with Crippen LogP contribution < -0.4 is 10.6 Å². The molecule has 2 N–H and O–H groups in total. The van der Waals surface area contributed by atoms with Crippen LogP contribution in [0.5, 0.6) is 0 Å². The standard InChI is InChI=1S/C17H31N3.2C4H10N.Cr/c1-2-4-6-9-16(10-7-5-3-1)17-11-14-18-12-8-13-19-15-20-17;2*1-3-5-4-2;/h6,9,15-18H,1-5,7-8,10-14H2,(H,19,20);2*3-4H2,1-2H3;/q;2*-1;+2. The maximum absolute atomic E-state index is 4.45. The third-order valence-corrected chi connectivity index (χ3v) is 5.36. The summed E-state index contributed by atoms with van der Waals surface area (Å²) in [6.07, 6.45) is 18.7. The van der Waals surface area contributed by atoms with Crippen LogP contribution in [-0.4, -0.2) is 58.2 Å². The molecule has 0 spiro atoms. The third kappa shape index (κ3) is 22.6. The van der Waals surface area contributed by atoms with Crippen molar-refractivity contribution in [3.63, 3.8) is 0 Å². The van der Waals surface area contributed by atoms with Gasteiger partial charge < -0.3 is 21.3 Å². The van der Waals surface area contributed by atoms with Crippen molar-refractivity contribution in [2.24, 2.45) is 10.9 Å². The molecule has 6 heteroatoms. The van der Waals surface area contributed by atoms with E-state index in [9.17, 15) is 0 Å². The van der Waals surface area contributed by atoms with Crippen LogP contribution in [0.3, 0.4) is 0 Å². The number of aliphatic imine (C=N–C) groups is 1. The SMILES string of the molecule is C1=CC(C2CCNCCCN=CN2)CCCCCCC1.CC[N-]CC.CC[N-]CC.[Cr+2]. The van der Waals surface area contributed by atoms with Gasteiger partial charge in [0.2, 0.25) is 0 Å². The van der Waals surface area contributed by atoms with E-state index in [-0.39, 0.29) is 17.4 Å². The van der Waals surface area contributed by atoms with Crippen LogP contribution in [0.25, 0.3) is 10.6 Å². The van der Waals surface area contributed by atoms with E-state index in [1.807, 2.05) is 34.0 Å². The maximum atomic E-state index is 4.45. The molecule has 0 aromatic heterocycles. The van der Waals surface area contributed by atoms with Gasteiger partial charge in [-0.25, -0.2) is 0 Å². The van der Waals surface area contributed by atoms with Gasteiger partial charge in [0.25, 0.3) is 0 Å². The Morgan fingerprint density at radius 2 is 1.45 bits per heavy atom. The molecule has 1 heterocycles. The molecule has 31 heavy (non-hydrogen) atoms. The van der Waals surface area contributed by atoms with Crippen LogP contribution >= 0.6 is 0 Å². The van der Waals surface area contributed by atoms with E-state index in [0.717, 1.165) is 52.2 Å². The zero-order chi connectivity index (χ0) is 22.1. The number of hydrogen-bond donors (Lipinski definition) is 2. The Labute approximate surface area is 205 Å². The summed E-state index contributed by atoms with van der Waals surface area (Å²) in [5, 5.41) is 15.0. The fourth-order valence-electron chi connectivity index (χ4n) is 3.63. The summed E-state index contributed by atoms with van der Waals surface area (Å²) < 4.78 is 0. The summed E-state index contributed by atoms with van der Waals surface area (Å²) in [4.78, 5) is 4.45. The quantitative estimate of drug-likeness (QED) is 0.476. The van der Waals surface area contributed by atoms with Crippen molar-refractivity contribution in [2.75, 3.05) is 45.8 Å². The topological polar surface area (TPSA) is 64.6 Å². The Kier molecular flexibility index (Phi) is 29.3. The normalized spacial score (nSPS) is 22.3. The van der Waals surface area contributed by atoms with Crippen LogP contribution in [0.2, 0.25) is 0 Å². The van der Waals surface area contributed by atoms with Gasteiger partial charge in [0, 0.05) is 12.6 Å². The average Bonchev–Trinajstić information content (AvgIpc) is 2.78. The number of hydrogen-bond acceptors (Lipinski definition) is 3. The minimum Gasteiger partial charge on any atom is -0.663 e. The summed E-state index contributed by atoms with van der Waals surface area (Å²) in [5.41, 5.74) is 0. The minimum absolute atomic E-state index is 0. The van der Waals surface area contributed by atoms with E-state index in [0.29, 0.717) is 12.0 Å². The van der Waals surface area contributed by atoms with E-state index >= 15 is 0 Å². The second-order valence-electron chi connectivity index (χ2n) is 7.85. The molecule has 1 aliphatic heterocycles. The zero-order valence-electron chi connectivity index (χ0n) is 21.0. The number of nitrogens with zero attached hydrogens (tertiary/aromatic N) is 3. The van der Waals surface area contributed by atoms with Crippen LogP contribution in [0, 0.1) is 5.92 Å². The summed E-state index contributed by atoms with van der Waals surface area (Å²) in [6, 6.07) is 0.542. The van der Waals surface area contributed by atoms with Crippen molar-refractivity contribution < 1.29 is 17.4 Å². The Hall–Kier alpha value is -0.378. The molecule has 0 fully saturated rings. The molecule has 2 unspecified atom stereocenters. The van der Waals surface area contributed by atoms with Crippen LogP contribution in [0.1, 0.15) is 85.5 Å². The first-order valence-electron chi connectivity index (χ1n) is 12.7. The average molecular weight is 474 g/mol. The molecule has 2 atom stereocenters. The molecule has 2 rings (SSSR count). The van der Waals surface area contributed by atoms with Gasteiger partial charge in [-0.05, 0) is 51.1 Å². The molecule has 182 valence electrons. The monoisotopic (exact) mass is 473 g/mol. The molecule has 0 aromatic carbocycles. The molecule has 0 saturated heterocycles. The third-order valence-electron chi connectivity index (χ3n) is 5.36. The van der Waals surface area contributed by atoms with Gasteiger partial charge >= 0.3 is 17.4 Å². The second kappa shape index (κ2) is 27.7. The predicted molar refractivity (Wildman–Crippen MR) is 136 cm³/mol. The van der Waals surface area contributed by atoms with Gasteiger partial charge in [0.05, 0.1) is 6.34 Å². The van der Waals surface area contributed by atoms with Gasteiger partial charge in [-0.2, -0.15) is 26.2 Å². The fraction of sp³-hybridized carbons (Fsp3) is 0.880. The molecular weight excluding hydrogens is 422 g/mol. The van der Waals surface area contributed by atoms with E-state index in [2.05, 4.69) is 38.4 Å². The molecule has 5 nitrogen and oxygen atoms in total. The first kappa shape index (κ1) is 32.8. The van der Waals surface area contributed by atoms with Crippen LogP contribution in [-0.2, 0) is 17.4 Å². The second-order valence-corrected chi connectivity index (χ2v) is 7.85. The molecule has 2 aliphatic rings. The molecule has 0 radical (unpaired) electrons. The Morgan fingerprint density at radius 1 is 0.806 bits per heavy atom. The van der Waals surface area contributed by atoms with Gasteiger partial charge in [-0.3, -0.25) is 4.99 Å². The molecule has 0 amide bonds. The Bertz CT molecular complexity index is 380. The summed E-state index contributed by atoms with van der Waals surface area (Å²) in [7, 11) is 0. The van der Waals surface area contributed by atoms with E-state index in [4.69, 9.17) is 0 Å². The molecule has 0 bridgehead atoms. The number of rotatable bonds is 5. The van der Waals surface area contributed by atoms with Crippen molar-refractivity contribution in [1.29, 1.82) is 0 Å². The van der Waals surface area contributed by atoms with Gasteiger partial charge in [0.1, 0.15) is 0 Å². The Balaban J connectivity index is 0. The van der Waals surface area contributed by atoms with Crippen molar-refractivity contribution in [1.82, 2.24) is 10.6 Å². The molecule has 0 aromatic rings. The van der Waals surface area contributed by atoms with Crippen LogP contribution in [0.15, 0.2) is 17.1 Å². The summed E-state index contributed by atoms with van der Waals surface area (Å²) in [6.45, 7) is 15.2. The van der Waals surface area contributed by atoms with E-state index in [1.165, 1.54) is 51.4 Å². The summed E-state index contributed by atoms with van der Waals surface area (Å²) >= 11 is 0. The van der Waals surface area contributed by atoms with Gasteiger partial charge in [0.15, 0.2) is 0 Å². The van der Waals surface area contributed by atoms with Crippen molar-refractivity contribution >= 4 is 6.34 Å². The maximum Gasteiger partial charge on any atom is 2.00 e. The van der Waals surface area contributed by atoms with E-state index in [1.54, 1.807) is 0 Å². The van der Waals surface area contributed by atoms with Gasteiger partial charge in [-0.1, -0.05) is 65.5 Å². The predicted octanol–water partition coefficient (Wildman–Crippen LogP) is 6.07. The van der Waals surface area contributed by atoms with Crippen LogP contribution in [0.4, 0.5) is 0 Å². The minimum atomic E-state index is 0. The zero-order valence-corrected chi connectivity index (χ0v) is 22.2. The van der Waals surface area contributed by atoms with Crippen molar-refractivity contribution in [3.05, 3.63) is 22.8 Å². The number of allylic oxidation sites excluding steroid dienone is 1. The van der Waals surface area contributed by atoms with Crippen molar-refractivity contribution in [2.45, 2.75) is 91.5 Å². The summed E-state index contributed by atoms with van der Waals surface area (Å²) in [5.74, 6) is 0.667. The molecular formula is C25H51CrN5. The van der Waals surface area contributed by atoms with E-state index < -0.39 is 0 Å². The van der Waals surface area contributed by atoms with Crippen molar-refractivity contribution in [3.8, 4) is 0 Å². The smallest absolute Gasteiger partial charge is 0.663 e. The Morgan fingerprint density at radius 3 is 2.10 bits per heavy atom. The molecule has 1 aliphatic carbocycles. The largest absolute Gasteiger partial charge is 2.00 e. The first-order chi connectivity index (χ1) is 14.8. The number of nitrogens with one attached hydrogen (secondary N) is 2. The van der Waals surface area contributed by atoms with Gasteiger partial charge in [-0.15, -0.1) is 0 Å². The first-order valence-corrected chi connectivity index (χ1v) is 12.7.